The van der Waals surface area contributed by atoms with E-state index in [2.05, 4.69) is 5.32 Å². The van der Waals surface area contributed by atoms with Crippen molar-refractivity contribution in [3.8, 4) is 23.0 Å². The minimum atomic E-state index is -1.65. The highest BCUT2D eigenvalue weighted by molar-refractivity contribution is 6.35. The number of methoxy groups -OCH3 is 1. The molecule has 1 aliphatic carbocycles. The lowest BCUT2D eigenvalue weighted by Crippen LogP contribution is -2.38. The largest absolute Gasteiger partial charge is 0.507 e. The van der Waals surface area contributed by atoms with Crippen LogP contribution >= 0.6 is 23.2 Å². The number of benzene rings is 3. The van der Waals surface area contributed by atoms with Gasteiger partial charge in [-0.25, -0.2) is 0 Å². The zero-order chi connectivity index (χ0) is 33.8. The number of ketones is 2. The van der Waals surface area contributed by atoms with Gasteiger partial charge in [0.05, 0.1) is 12.7 Å². The number of allylic oxidation sites excluding steroid dienone is 3. The molecule has 0 saturated carbocycles. The number of aliphatic hydroxyl groups is 1. The minimum Gasteiger partial charge on any atom is -0.507 e. The molecule has 0 spiro atoms. The first kappa shape index (κ1) is 32.9. The molecule has 3 N–H and O–H groups in total. The molecule has 9 nitrogen and oxygen atoms in total. The highest BCUT2D eigenvalue weighted by Crippen LogP contribution is 2.56. The number of nitrogens with one attached hydrogen (secondary N) is 1. The molecule has 11 heteroatoms. The fraction of sp³-hybridized carbons (Fsp3) is 0.286. The molecule has 2 aliphatic rings. The summed E-state index contributed by atoms with van der Waals surface area (Å²) in [5.74, 6) is -2.27. The molecule has 1 atom stereocenters. The number of rotatable bonds is 8. The Balaban J connectivity index is 1.46. The summed E-state index contributed by atoms with van der Waals surface area (Å²) in [7, 11) is 1.34. The summed E-state index contributed by atoms with van der Waals surface area (Å²) in [6, 6.07) is 6.47. The van der Waals surface area contributed by atoms with Gasteiger partial charge in [0.1, 0.15) is 51.9 Å². The van der Waals surface area contributed by atoms with Crippen molar-refractivity contribution in [3.63, 3.8) is 0 Å². The molecule has 0 aromatic heterocycles. The van der Waals surface area contributed by atoms with Crippen LogP contribution in [0.3, 0.4) is 0 Å². The van der Waals surface area contributed by atoms with E-state index in [1.807, 2.05) is 33.8 Å². The quantitative estimate of drug-likeness (QED) is 0.220. The molecule has 1 aliphatic heterocycles. The molecule has 46 heavy (non-hydrogen) atoms. The fourth-order valence-electron chi connectivity index (χ4n) is 6.10. The van der Waals surface area contributed by atoms with E-state index in [0.717, 1.165) is 52.1 Å². The Morgan fingerprint density at radius 1 is 1.02 bits per heavy atom. The van der Waals surface area contributed by atoms with Crippen molar-refractivity contribution in [1.82, 2.24) is 5.32 Å². The minimum absolute atomic E-state index is 0.00212. The second kappa shape index (κ2) is 12.0. The molecule has 0 bridgehead atoms. The summed E-state index contributed by atoms with van der Waals surface area (Å²) in [4.78, 5) is 39.6. The van der Waals surface area contributed by atoms with Crippen LogP contribution in [0.5, 0.6) is 23.0 Å². The number of aliphatic hydroxyl groups excluding tert-OH is 1. The molecule has 1 heterocycles. The third-order valence-electron chi connectivity index (χ3n) is 8.96. The number of amides is 1. The maximum absolute atomic E-state index is 13.9. The van der Waals surface area contributed by atoms with Crippen molar-refractivity contribution >= 4 is 40.7 Å². The van der Waals surface area contributed by atoms with Crippen LogP contribution < -0.4 is 19.5 Å². The number of phenols is 1. The monoisotopic (exact) mass is 665 g/mol. The average molecular weight is 667 g/mol. The van der Waals surface area contributed by atoms with Gasteiger partial charge < -0.3 is 29.7 Å². The van der Waals surface area contributed by atoms with E-state index in [1.54, 1.807) is 12.1 Å². The summed E-state index contributed by atoms with van der Waals surface area (Å²) in [5, 5.41) is 25.4. The van der Waals surface area contributed by atoms with Crippen molar-refractivity contribution in [2.24, 2.45) is 0 Å². The van der Waals surface area contributed by atoms with E-state index in [4.69, 9.17) is 37.4 Å². The van der Waals surface area contributed by atoms with Crippen molar-refractivity contribution in [2.45, 2.75) is 60.1 Å². The van der Waals surface area contributed by atoms with Gasteiger partial charge in [-0.1, -0.05) is 29.3 Å². The normalized spacial score (nSPS) is 16.8. The van der Waals surface area contributed by atoms with Crippen LogP contribution in [0.25, 0.3) is 0 Å². The Hall–Kier alpha value is -4.47. The summed E-state index contributed by atoms with van der Waals surface area (Å²) in [6.07, 6.45) is 1.16. The lowest BCUT2D eigenvalue weighted by atomic mass is 9.71. The summed E-state index contributed by atoms with van der Waals surface area (Å²) in [5.41, 5.74) is 3.22. The van der Waals surface area contributed by atoms with Gasteiger partial charge in [-0.3, -0.25) is 14.4 Å². The number of phenolic OH excluding ortho intramolecular Hbond substituents is 1. The first-order valence-electron chi connectivity index (χ1n) is 14.4. The van der Waals surface area contributed by atoms with Gasteiger partial charge in [-0.2, -0.15) is 0 Å². The van der Waals surface area contributed by atoms with E-state index in [-0.39, 0.29) is 47.3 Å². The second-order valence-corrected chi connectivity index (χ2v) is 12.4. The standard InChI is InChI=1S/C35H33Cl2NO8/c1-15-17(3)31(45-14-20-8-9-21(36)10-23(20)37)18(4)16(2)22(15)13-38-34(43)29-26(44-7)11-25(41)30-32(29)46-27-12-24(40)28(19(5)39)33(42)35(27,30)6/h8-12,40-41H,13-14H2,1-7H3,(H,38,43)/t35-/m1/s1. The smallest absolute Gasteiger partial charge is 0.259 e. The van der Waals surface area contributed by atoms with Crippen LogP contribution in [0.2, 0.25) is 10.0 Å². The summed E-state index contributed by atoms with van der Waals surface area (Å²) in [6.45, 7) is 10.8. The van der Waals surface area contributed by atoms with Crippen LogP contribution in [0, 0.1) is 27.7 Å². The molecule has 0 radical (unpaired) electrons. The third kappa shape index (κ3) is 5.17. The number of carbonyl (C=O) groups is 3. The number of Topliss-reactive ketones (excluding diaryl/α,β-unsaturated/α-hetero) is 2. The lowest BCUT2D eigenvalue weighted by Gasteiger charge is -2.27. The van der Waals surface area contributed by atoms with E-state index in [1.165, 1.54) is 20.1 Å². The number of ether oxygens (including phenoxy) is 3. The zero-order valence-corrected chi connectivity index (χ0v) is 27.9. The van der Waals surface area contributed by atoms with Gasteiger partial charge in [0.15, 0.2) is 17.3 Å². The highest BCUT2D eigenvalue weighted by Gasteiger charge is 2.55. The molecular weight excluding hydrogens is 633 g/mol. The fourth-order valence-corrected chi connectivity index (χ4v) is 6.57. The molecule has 0 unspecified atom stereocenters. The Morgan fingerprint density at radius 2 is 1.67 bits per heavy atom. The predicted molar refractivity (Wildman–Crippen MR) is 173 cm³/mol. The maximum atomic E-state index is 13.9. The lowest BCUT2D eigenvalue weighted by molar-refractivity contribution is -0.123. The molecule has 0 fully saturated rings. The molecular formula is C35H33Cl2NO8. The molecule has 5 rings (SSSR count). The number of hydrogen-bond donors (Lipinski definition) is 3. The van der Waals surface area contributed by atoms with Crippen molar-refractivity contribution in [3.05, 3.63) is 102 Å². The highest BCUT2D eigenvalue weighted by atomic mass is 35.5. The first-order chi connectivity index (χ1) is 21.6. The average Bonchev–Trinajstić information content (AvgIpc) is 3.29. The number of halogens is 2. The Bertz CT molecular complexity index is 1900. The maximum Gasteiger partial charge on any atom is 0.259 e. The van der Waals surface area contributed by atoms with Crippen LogP contribution in [0.4, 0.5) is 0 Å². The molecule has 0 saturated heterocycles. The summed E-state index contributed by atoms with van der Waals surface area (Å²) >= 11 is 12.4. The Morgan fingerprint density at radius 3 is 2.26 bits per heavy atom. The van der Waals surface area contributed by atoms with Crippen LogP contribution in [0.1, 0.15) is 63.1 Å². The van der Waals surface area contributed by atoms with Gasteiger partial charge in [0.2, 0.25) is 0 Å². The van der Waals surface area contributed by atoms with E-state index in [0.29, 0.717) is 10.0 Å². The van der Waals surface area contributed by atoms with E-state index in [9.17, 15) is 24.6 Å². The van der Waals surface area contributed by atoms with Crippen LogP contribution in [0.15, 0.2) is 47.4 Å². The van der Waals surface area contributed by atoms with E-state index < -0.39 is 34.2 Å². The van der Waals surface area contributed by atoms with Gasteiger partial charge in [-0.05, 0) is 81.5 Å². The van der Waals surface area contributed by atoms with Crippen LogP contribution in [-0.4, -0.2) is 34.8 Å². The zero-order valence-electron chi connectivity index (χ0n) is 26.4. The van der Waals surface area contributed by atoms with Gasteiger partial charge in [0, 0.05) is 34.3 Å². The van der Waals surface area contributed by atoms with Gasteiger partial charge in [0.25, 0.3) is 5.91 Å². The van der Waals surface area contributed by atoms with Crippen molar-refractivity contribution in [2.75, 3.05) is 7.11 Å². The number of carbonyl (C=O) groups excluding carboxylic acids is 3. The number of aromatic hydroxyl groups is 1. The van der Waals surface area contributed by atoms with Gasteiger partial charge >= 0.3 is 0 Å². The Kier molecular flexibility index (Phi) is 8.61. The number of fused-ring (bicyclic) bond motifs is 3. The van der Waals surface area contributed by atoms with Crippen molar-refractivity contribution in [1.29, 1.82) is 0 Å². The first-order valence-corrected chi connectivity index (χ1v) is 15.2. The topological polar surface area (TPSA) is 131 Å². The molecule has 240 valence electrons. The number of hydrogen-bond acceptors (Lipinski definition) is 8. The molecule has 3 aromatic carbocycles. The van der Waals surface area contributed by atoms with E-state index >= 15 is 0 Å². The molecule has 1 amide bonds. The second-order valence-electron chi connectivity index (χ2n) is 11.6. The predicted octanol–water partition coefficient (Wildman–Crippen LogP) is 6.97. The SMILES string of the molecule is COc1cc(O)c2c(c1C(=O)NCc1c(C)c(C)c(OCc3ccc(Cl)cc3Cl)c(C)c1C)OC1=CC(O)=C(C(C)=O)C(=O)[C@]12C. The third-order valence-corrected chi connectivity index (χ3v) is 9.54. The van der Waals surface area contributed by atoms with Crippen LogP contribution in [-0.2, 0) is 28.2 Å². The van der Waals surface area contributed by atoms with Gasteiger partial charge in [-0.15, -0.1) is 0 Å². The molecule has 3 aromatic rings. The Labute approximate surface area is 276 Å². The summed E-state index contributed by atoms with van der Waals surface area (Å²) < 4.78 is 17.7. The van der Waals surface area contributed by atoms with Crippen molar-refractivity contribution < 1.29 is 38.8 Å².